The fourth-order valence-electron chi connectivity index (χ4n) is 3.57. The molecule has 2 fully saturated rings. The number of amides is 1. The van der Waals surface area contributed by atoms with E-state index >= 15 is 0 Å². The number of anilines is 1. The van der Waals surface area contributed by atoms with Crippen LogP contribution in [0.5, 0.6) is 0 Å². The van der Waals surface area contributed by atoms with Crippen LogP contribution >= 0.6 is 12.4 Å². The predicted octanol–water partition coefficient (Wildman–Crippen LogP) is 2.73. The summed E-state index contributed by atoms with van der Waals surface area (Å²) in [4.78, 5) is 25.7. The highest BCUT2D eigenvalue weighted by atomic mass is 35.5. The molecule has 26 heavy (non-hydrogen) atoms. The summed E-state index contributed by atoms with van der Waals surface area (Å²) in [5.74, 6) is 0.417. The first-order valence-corrected chi connectivity index (χ1v) is 9.09. The van der Waals surface area contributed by atoms with E-state index in [0.29, 0.717) is 17.2 Å². The van der Waals surface area contributed by atoms with Gasteiger partial charge in [-0.05, 0) is 50.3 Å². The van der Waals surface area contributed by atoms with Gasteiger partial charge in [0.05, 0.1) is 4.92 Å². The van der Waals surface area contributed by atoms with Crippen LogP contribution in [0.25, 0.3) is 0 Å². The first kappa shape index (κ1) is 20.5. The van der Waals surface area contributed by atoms with E-state index in [1.54, 1.807) is 12.1 Å². The molecule has 0 aliphatic carbocycles. The highest BCUT2D eigenvalue weighted by Crippen LogP contribution is 2.32. The van der Waals surface area contributed by atoms with Gasteiger partial charge in [0.25, 0.3) is 11.6 Å². The quantitative estimate of drug-likeness (QED) is 0.617. The van der Waals surface area contributed by atoms with Crippen LogP contribution in [0.3, 0.4) is 0 Å². The van der Waals surface area contributed by atoms with Crippen molar-refractivity contribution in [3.8, 4) is 0 Å². The number of nitrogens with zero attached hydrogens (tertiary/aromatic N) is 2. The van der Waals surface area contributed by atoms with E-state index in [0.717, 1.165) is 51.9 Å². The summed E-state index contributed by atoms with van der Waals surface area (Å²) in [6, 6.07) is 4.93. The molecular weight excluding hydrogens is 356 g/mol. The van der Waals surface area contributed by atoms with Crippen LogP contribution in [0.15, 0.2) is 18.2 Å². The Balaban J connectivity index is 0.00000243. The minimum absolute atomic E-state index is 0. The molecule has 2 N–H and O–H groups in total. The predicted molar refractivity (Wildman–Crippen MR) is 104 cm³/mol. The molecule has 0 bridgehead atoms. The Morgan fingerprint density at radius 3 is 2.65 bits per heavy atom. The van der Waals surface area contributed by atoms with Crippen LogP contribution < -0.4 is 15.5 Å². The summed E-state index contributed by atoms with van der Waals surface area (Å²) in [6.07, 6.45) is 4.03. The number of halogens is 1. The van der Waals surface area contributed by atoms with E-state index in [-0.39, 0.29) is 35.0 Å². The molecule has 0 spiro atoms. The third kappa shape index (κ3) is 4.86. The minimum atomic E-state index is -0.383. The maximum Gasteiger partial charge on any atom is 0.293 e. The zero-order valence-corrected chi connectivity index (χ0v) is 15.9. The van der Waals surface area contributed by atoms with E-state index in [2.05, 4.69) is 22.5 Å². The first-order valence-electron chi connectivity index (χ1n) is 9.09. The highest BCUT2D eigenvalue weighted by molar-refractivity contribution is 5.96. The number of carbonyl (C=O) groups excluding carboxylic acids is 1. The van der Waals surface area contributed by atoms with E-state index in [1.165, 1.54) is 6.07 Å². The third-order valence-electron chi connectivity index (χ3n) is 5.19. The van der Waals surface area contributed by atoms with Gasteiger partial charge in [-0.25, -0.2) is 0 Å². The van der Waals surface area contributed by atoms with Crippen molar-refractivity contribution in [2.24, 2.45) is 5.92 Å². The molecule has 1 amide bonds. The number of carbonyl (C=O) groups is 1. The van der Waals surface area contributed by atoms with Crippen molar-refractivity contribution >= 4 is 29.7 Å². The molecule has 1 aromatic carbocycles. The van der Waals surface area contributed by atoms with Crippen LogP contribution in [0.2, 0.25) is 0 Å². The van der Waals surface area contributed by atoms with Gasteiger partial charge in [-0.3, -0.25) is 14.9 Å². The van der Waals surface area contributed by atoms with Crippen LogP contribution in [0, 0.1) is 16.0 Å². The Labute approximate surface area is 160 Å². The molecule has 0 unspecified atom stereocenters. The van der Waals surface area contributed by atoms with Crippen molar-refractivity contribution in [3.63, 3.8) is 0 Å². The van der Waals surface area contributed by atoms with Gasteiger partial charge in [0.15, 0.2) is 0 Å². The van der Waals surface area contributed by atoms with Gasteiger partial charge in [-0.1, -0.05) is 6.92 Å². The van der Waals surface area contributed by atoms with Crippen molar-refractivity contribution in [2.45, 2.75) is 38.6 Å². The monoisotopic (exact) mass is 382 g/mol. The van der Waals surface area contributed by atoms with Crippen molar-refractivity contribution < 1.29 is 9.72 Å². The molecule has 7 nitrogen and oxygen atoms in total. The van der Waals surface area contributed by atoms with E-state index in [9.17, 15) is 14.9 Å². The second-order valence-electron chi connectivity index (χ2n) is 7.15. The average molecular weight is 383 g/mol. The van der Waals surface area contributed by atoms with Gasteiger partial charge in [-0.2, -0.15) is 0 Å². The second-order valence-corrected chi connectivity index (χ2v) is 7.15. The molecule has 2 aliphatic rings. The summed E-state index contributed by atoms with van der Waals surface area (Å²) in [5, 5.41) is 17.7. The Kier molecular flexibility index (Phi) is 7.23. The minimum Gasteiger partial charge on any atom is -0.366 e. The zero-order valence-electron chi connectivity index (χ0n) is 15.1. The molecule has 1 aromatic rings. The van der Waals surface area contributed by atoms with Crippen molar-refractivity contribution in [2.75, 3.05) is 31.1 Å². The highest BCUT2D eigenvalue weighted by Gasteiger charge is 2.25. The second kappa shape index (κ2) is 9.19. The summed E-state index contributed by atoms with van der Waals surface area (Å²) < 4.78 is 0. The van der Waals surface area contributed by atoms with Crippen LogP contribution in [-0.4, -0.2) is 43.1 Å². The molecule has 2 heterocycles. The van der Waals surface area contributed by atoms with Crippen molar-refractivity contribution in [1.82, 2.24) is 10.6 Å². The number of hydrogen-bond acceptors (Lipinski definition) is 5. The zero-order chi connectivity index (χ0) is 17.8. The lowest BCUT2D eigenvalue weighted by Gasteiger charge is -2.31. The molecule has 2 saturated heterocycles. The molecular formula is C18H27ClN4O3. The SMILES string of the molecule is CC1CCN(c2ccc(C(=O)N[C@H]3CCCNC3)cc2[N+](=O)[O-])CC1.Cl. The van der Waals surface area contributed by atoms with Gasteiger partial charge in [0.1, 0.15) is 5.69 Å². The smallest absolute Gasteiger partial charge is 0.293 e. The van der Waals surface area contributed by atoms with Gasteiger partial charge in [0, 0.05) is 37.3 Å². The fourth-order valence-corrected chi connectivity index (χ4v) is 3.57. The molecule has 0 saturated carbocycles. The number of piperidine rings is 2. The summed E-state index contributed by atoms with van der Waals surface area (Å²) >= 11 is 0. The van der Waals surface area contributed by atoms with Crippen LogP contribution in [-0.2, 0) is 0 Å². The van der Waals surface area contributed by atoms with Gasteiger partial charge >= 0.3 is 0 Å². The lowest BCUT2D eigenvalue weighted by atomic mass is 9.98. The molecule has 0 radical (unpaired) electrons. The Bertz CT molecular complexity index is 641. The summed E-state index contributed by atoms with van der Waals surface area (Å²) in [5.41, 5.74) is 0.989. The lowest BCUT2D eigenvalue weighted by Crippen LogP contribution is -2.45. The number of nitrogens with one attached hydrogen (secondary N) is 2. The molecule has 3 rings (SSSR count). The Hall–Kier alpha value is -1.86. The van der Waals surface area contributed by atoms with E-state index in [1.807, 2.05) is 0 Å². The van der Waals surface area contributed by atoms with Crippen molar-refractivity contribution in [1.29, 1.82) is 0 Å². The first-order chi connectivity index (χ1) is 12.0. The fraction of sp³-hybridized carbons (Fsp3) is 0.611. The Morgan fingerprint density at radius 1 is 1.31 bits per heavy atom. The number of rotatable bonds is 4. The van der Waals surface area contributed by atoms with Crippen LogP contribution in [0.4, 0.5) is 11.4 Å². The van der Waals surface area contributed by atoms with Crippen LogP contribution in [0.1, 0.15) is 43.0 Å². The maximum absolute atomic E-state index is 12.4. The maximum atomic E-state index is 12.4. The molecule has 144 valence electrons. The number of benzene rings is 1. The van der Waals surface area contributed by atoms with Gasteiger partial charge in [-0.15, -0.1) is 12.4 Å². The normalized spacial score (nSPS) is 21.0. The van der Waals surface area contributed by atoms with Gasteiger partial charge < -0.3 is 15.5 Å². The van der Waals surface area contributed by atoms with E-state index < -0.39 is 0 Å². The largest absolute Gasteiger partial charge is 0.366 e. The standard InChI is InChI=1S/C18H26N4O3.ClH/c1-13-6-9-21(10-7-13)16-5-4-14(11-17(16)22(24)25)18(23)20-15-3-2-8-19-12-15;/h4-5,11,13,15,19H,2-3,6-10,12H2,1H3,(H,20,23);1H/t15-;/m0./s1. The van der Waals surface area contributed by atoms with E-state index in [4.69, 9.17) is 0 Å². The topological polar surface area (TPSA) is 87.5 Å². The van der Waals surface area contributed by atoms with Gasteiger partial charge in [0.2, 0.25) is 0 Å². The lowest BCUT2D eigenvalue weighted by molar-refractivity contribution is -0.384. The summed E-state index contributed by atoms with van der Waals surface area (Å²) in [7, 11) is 0. The number of hydrogen-bond donors (Lipinski definition) is 2. The molecule has 8 heteroatoms. The molecule has 2 aliphatic heterocycles. The molecule has 1 atom stereocenters. The number of nitro groups is 1. The summed E-state index contributed by atoms with van der Waals surface area (Å²) in [6.45, 7) is 5.57. The molecule has 0 aromatic heterocycles. The third-order valence-corrected chi connectivity index (χ3v) is 5.19. The number of nitro benzene ring substituents is 1. The van der Waals surface area contributed by atoms with Crippen molar-refractivity contribution in [3.05, 3.63) is 33.9 Å². The Morgan fingerprint density at radius 2 is 2.04 bits per heavy atom. The average Bonchev–Trinajstić information content (AvgIpc) is 2.62.